The van der Waals surface area contributed by atoms with Gasteiger partial charge < -0.3 is 19.5 Å². The summed E-state index contributed by atoms with van der Waals surface area (Å²) >= 11 is 6.23. The molecule has 1 aliphatic rings. The molecule has 0 radical (unpaired) electrons. The molecule has 2 heterocycles. The number of ether oxygens (including phenoxy) is 1. The van der Waals surface area contributed by atoms with Gasteiger partial charge >= 0.3 is 6.18 Å². The highest BCUT2D eigenvalue weighted by atomic mass is 35.5. The summed E-state index contributed by atoms with van der Waals surface area (Å²) in [7, 11) is 0. The highest BCUT2D eigenvalue weighted by Crippen LogP contribution is 2.43. The lowest BCUT2D eigenvalue weighted by atomic mass is 10.0. The first-order valence-corrected chi connectivity index (χ1v) is 10.8. The fourth-order valence-electron chi connectivity index (χ4n) is 3.40. The number of aromatic hydroxyl groups is 1. The van der Waals surface area contributed by atoms with E-state index in [4.69, 9.17) is 20.9 Å². The van der Waals surface area contributed by atoms with Crippen LogP contribution in [0.25, 0.3) is 22.6 Å². The Balaban J connectivity index is 1.82. The van der Waals surface area contributed by atoms with E-state index in [2.05, 4.69) is 10.3 Å². The van der Waals surface area contributed by atoms with Crippen LogP contribution in [0.15, 0.2) is 28.9 Å². The molecule has 33 heavy (non-hydrogen) atoms. The van der Waals surface area contributed by atoms with Crippen LogP contribution in [0, 0.1) is 0 Å². The van der Waals surface area contributed by atoms with E-state index in [9.17, 15) is 23.4 Å². The molecule has 1 fully saturated rings. The Labute approximate surface area is 192 Å². The SMILES string of the molecule is CC(C)(O)CCn1ncc(-c2onc(-c3cccc(O)c3Cl)c2COC2CC2)c1C(F)(F)F. The third kappa shape index (κ3) is 5.18. The van der Waals surface area contributed by atoms with Gasteiger partial charge in [-0.05, 0) is 39.2 Å². The average Bonchev–Trinajstić information content (AvgIpc) is 3.29. The van der Waals surface area contributed by atoms with Crippen molar-refractivity contribution >= 4 is 11.6 Å². The lowest BCUT2D eigenvalue weighted by molar-refractivity contribution is -0.144. The van der Waals surface area contributed by atoms with Crippen molar-refractivity contribution in [3.63, 3.8) is 0 Å². The fourth-order valence-corrected chi connectivity index (χ4v) is 3.62. The first-order valence-electron chi connectivity index (χ1n) is 10.4. The molecule has 0 amide bonds. The summed E-state index contributed by atoms with van der Waals surface area (Å²) in [5, 5.41) is 27.8. The predicted molar refractivity (Wildman–Crippen MR) is 114 cm³/mol. The van der Waals surface area contributed by atoms with E-state index >= 15 is 0 Å². The number of aryl methyl sites for hydroxylation is 1. The van der Waals surface area contributed by atoms with E-state index < -0.39 is 17.5 Å². The molecule has 0 unspecified atom stereocenters. The van der Waals surface area contributed by atoms with Crippen LogP contribution in [0.2, 0.25) is 5.02 Å². The molecule has 3 aromatic rings. The fraction of sp³-hybridized carbons (Fsp3) is 0.455. The van der Waals surface area contributed by atoms with Crippen molar-refractivity contribution in [3.8, 4) is 28.3 Å². The number of hydrogen-bond acceptors (Lipinski definition) is 6. The standard InChI is InChI=1S/C22H23ClF3N3O4/c1-21(2,31)8-9-29-20(22(24,25)26)14(10-27-29)19-15(11-32-12-6-7-12)18(28-33-19)13-4-3-5-16(30)17(13)23/h3-5,10,12,30-31H,6-9,11H2,1-2H3. The summed E-state index contributed by atoms with van der Waals surface area (Å²) in [4.78, 5) is 0. The number of aliphatic hydroxyl groups is 1. The van der Waals surface area contributed by atoms with Gasteiger partial charge in [0, 0.05) is 12.1 Å². The van der Waals surface area contributed by atoms with Crippen LogP contribution in [-0.4, -0.2) is 36.9 Å². The molecule has 2 N–H and O–H groups in total. The van der Waals surface area contributed by atoms with E-state index in [1.807, 2.05) is 0 Å². The minimum Gasteiger partial charge on any atom is -0.506 e. The molecule has 1 aromatic carbocycles. The van der Waals surface area contributed by atoms with Gasteiger partial charge in [-0.2, -0.15) is 18.3 Å². The second kappa shape index (κ2) is 8.66. The van der Waals surface area contributed by atoms with Crippen molar-refractivity contribution in [2.24, 2.45) is 0 Å². The number of hydrogen-bond donors (Lipinski definition) is 2. The van der Waals surface area contributed by atoms with Crippen molar-refractivity contribution in [1.82, 2.24) is 14.9 Å². The number of aromatic nitrogens is 3. The van der Waals surface area contributed by atoms with Gasteiger partial charge in [-0.3, -0.25) is 4.68 Å². The predicted octanol–water partition coefficient (Wildman–Crippen LogP) is 5.42. The molecule has 0 spiro atoms. The topological polar surface area (TPSA) is 93.5 Å². The zero-order valence-electron chi connectivity index (χ0n) is 18.0. The molecule has 2 aromatic heterocycles. The summed E-state index contributed by atoms with van der Waals surface area (Å²) in [6.45, 7) is 2.84. The Morgan fingerprint density at radius 3 is 2.61 bits per heavy atom. The molecule has 0 saturated heterocycles. The number of rotatable bonds is 8. The van der Waals surface area contributed by atoms with Gasteiger partial charge in [0.2, 0.25) is 0 Å². The molecular formula is C22H23ClF3N3O4. The lowest BCUT2D eigenvalue weighted by Gasteiger charge is -2.18. The Morgan fingerprint density at radius 1 is 1.24 bits per heavy atom. The third-order valence-corrected chi connectivity index (χ3v) is 5.69. The second-order valence-electron chi connectivity index (χ2n) is 8.68. The summed E-state index contributed by atoms with van der Waals surface area (Å²) in [6, 6.07) is 4.52. The minimum atomic E-state index is -4.74. The van der Waals surface area contributed by atoms with E-state index in [1.165, 1.54) is 19.9 Å². The van der Waals surface area contributed by atoms with Gasteiger partial charge in [0.1, 0.15) is 11.4 Å². The summed E-state index contributed by atoms with van der Waals surface area (Å²) in [5.74, 6) is -0.324. The highest BCUT2D eigenvalue weighted by molar-refractivity contribution is 6.34. The Hall–Kier alpha value is -2.56. The van der Waals surface area contributed by atoms with Gasteiger partial charge in [0.25, 0.3) is 0 Å². The monoisotopic (exact) mass is 485 g/mol. The number of phenols is 1. The maximum absolute atomic E-state index is 14.1. The number of phenolic OH excluding ortho intramolecular Hbond substituents is 1. The molecule has 0 bridgehead atoms. The molecule has 11 heteroatoms. The van der Waals surface area contributed by atoms with E-state index in [0.717, 1.165) is 23.7 Å². The Bertz CT molecular complexity index is 1150. The Kier molecular flexibility index (Phi) is 6.19. The summed E-state index contributed by atoms with van der Waals surface area (Å²) in [6.07, 6.45) is -1.85. The van der Waals surface area contributed by atoms with Crippen molar-refractivity contribution in [2.45, 2.75) is 64.1 Å². The molecule has 1 saturated carbocycles. The third-order valence-electron chi connectivity index (χ3n) is 5.30. The molecule has 0 atom stereocenters. The van der Waals surface area contributed by atoms with Crippen LogP contribution in [0.5, 0.6) is 5.75 Å². The molecule has 1 aliphatic carbocycles. The molecular weight excluding hydrogens is 463 g/mol. The summed E-state index contributed by atoms with van der Waals surface area (Å²) in [5.41, 5.74) is -1.69. The van der Waals surface area contributed by atoms with Gasteiger partial charge in [0.05, 0.1) is 40.7 Å². The normalized spacial score (nSPS) is 14.8. The van der Waals surface area contributed by atoms with Crippen LogP contribution in [0.3, 0.4) is 0 Å². The molecule has 178 valence electrons. The van der Waals surface area contributed by atoms with Crippen LogP contribution in [0.1, 0.15) is 44.4 Å². The van der Waals surface area contributed by atoms with Crippen LogP contribution in [0.4, 0.5) is 13.2 Å². The first-order chi connectivity index (χ1) is 15.5. The largest absolute Gasteiger partial charge is 0.506 e. The van der Waals surface area contributed by atoms with E-state index in [0.29, 0.717) is 5.56 Å². The molecule has 7 nitrogen and oxygen atoms in total. The van der Waals surface area contributed by atoms with Crippen molar-refractivity contribution in [1.29, 1.82) is 0 Å². The zero-order valence-corrected chi connectivity index (χ0v) is 18.7. The van der Waals surface area contributed by atoms with Gasteiger partial charge in [-0.1, -0.05) is 28.9 Å². The van der Waals surface area contributed by atoms with Crippen molar-refractivity contribution in [2.75, 3.05) is 0 Å². The summed E-state index contributed by atoms with van der Waals surface area (Å²) < 4.78 is 54.2. The molecule has 4 rings (SSSR count). The van der Waals surface area contributed by atoms with Gasteiger partial charge in [-0.25, -0.2) is 0 Å². The first kappa shape index (κ1) is 23.6. The maximum Gasteiger partial charge on any atom is 0.433 e. The maximum atomic E-state index is 14.1. The quantitative estimate of drug-likeness (QED) is 0.442. The number of benzene rings is 1. The van der Waals surface area contributed by atoms with Crippen LogP contribution < -0.4 is 0 Å². The number of alkyl halides is 3. The van der Waals surface area contributed by atoms with E-state index in [-0.39, 0.29) is 59.0 Å². The molecule has 0 aliphatic heterocycles. The van der Waals surface area contributed by atoms with Gasteiger partial charge in [-0.15, -0.1) is 0 Å². The van der Waals surface area contributed by atoms with Crippen LogP contribution >= 0.6 is 11.6 Å². The van der Waals surface area contributed by atoms with Crippen LogP contribution in [-0.2, 0) is 24.1 Å². The van der Waals surface area contributed by atoms with Gasteiger partial charge in [0.15, 0.2) is 11.5 Å². The van der Waals surface area contributed by atoms with Crippen molar-refractivity contribution < 1.29 is 32.6 Å². The smallest absolute Gasteiger partial charge is 0.433 e. The highest BCUT2D eigenvalue weighted by Gasteiger charge is 2.41. The number of halogens is 4. The lowest BCUT2D eigenvalue weighted by Crippen LogP contribution is -2.24. The minimum absolute atomic E-state index is 0.00180. The second-order valence-corrected chi connectivity index (χ2v) is 9.06. The average molecular weight is 486 g/mol. The van der Waals surface area contributed by atoms with E-state index in [1.54, 1.807) is 12.1 Å². The Morgan fingerprint density at radius 2 is 1.97 bits per heavy atom. The zero-order chi connectivity index (χ0) is 24.0. The van der Waals surface area contributed by atoms with Crippen molar-refractivity contribution in [3.05, 3.63) is 40.7 Å². The number of nitrogens with zero attached hydrogens (tertiary/aromatic N) is 3.